The van der Waals surface area contributed by atoms with Crippen LogP contribution in [0.4, 0.5) is 5.69 Å². The standard InChI is InChI=1S/C13H9ClN2O/c14-7-5-10-8-3-1-2-4-9(8)13(17)16-12(10)11(15)6-7/h1-6H,15H2,(H,16,17). The van der Waals surface area contributed by atoms with Gasteiger partial charge in [-0.1, -0.05) is 29.8 Å². The molecule has 0 atom stereocenters. The molecule has 3 N–H and O–H groups in total. The van der Waals surface area contributed by atoms with Crippen LogP contribution in [0.25, 0.3) is 21.7 Å². The summed E-state index contributed by atoms with van der Waals surface area (Å²) in [5, 5.41) is 2.93. The molecule has 0 amide bonds. The Morgan fingerprint density at radius 3 is 2.53 bits per heavy atom. The van der Waals surface area contributed by atoms with Crippen LogP contribution in [0.2, 0.25) is 5.02 Å². The number of pyridine rings is 1. The number of hydrogen-bond donors (Lipinski definition) is 2. The van der Waals surface area contributed by atoms with Gasteiger partial charge >= 0.3 is 0 Å². The molecule has 4 heteroatoms. The smallest absolute Gasteiger partial charge is 0.256 e. The first-order valence-corrected chi connectivity index (χ1v) is 5.54. The first kappa shape index (κ1) is 10.2. The quantitative estimate of drug-likeness (QED) is 0.472. The molecule has 84 valence electrons. The number of fused-ring (bicyclic) bond motifs is 3. The summed E-state index contributed by atoms with van der Waals surface area (Å²) in [6, 6.07) is 10.8. The first-order chi connectivity index (χ1) is 8.16. The van der Waals surface area contributed by atoms with Crippen LogP contribution >= 0.6 is 11.6 Å². The third-order valence-electron chi connectivity index (χ3n) is 2.83. The number of H-pyrrole nitrogens is 1. The van der Waals surface area contributed by atoms with Crippen LogP contribution in [0.1, 0.15) is 0 Å². The molecule has 1 aromatic heterocycles. The zero-order valence-corrected chi connectivity index (χ0v) is 9.58. The van der Waals surface area contributed by atoms with E-state index in [4.69, 9.17) is 17.3 Å². The zero-order valence-electron chi connectivity index (χ0n) is 8.83. The van der Waals surface area contributed by atoms with Gasteiger partial charge in [0.25, 0.3) is 5.56 Å². The molecule has 3 nitrogen and oxygen atoms in total. The number of nitrogen functional groups attached to an aromatic ring is 1. The van der Waals surface area contributed by atoms with Crippen molar-refractivity contribution in [3.8, 4) is 0 Å². The Morgan fingerprint density at radius 1 is 1.06 bits per heavy atom. The minimum absolute atomic E-state index is 0.137. The summed E-state index contributed by atoms with van der Waals surface area (Å²) < 4.78 is 0. The summed E-state index contributed by atoms with van der Waals surface area (Å²) in [4.78, 5) is 14.7. The summed E-state index contributed by atoms with van der Waals surface area (Å²) in [6.45, 7) is 0. The molecule has 17 heavy (non-hydrogen) atoms. The second kappa shape index (κ2) is 3.50. The van der Waals surface area contributed by atoms with E-state index in [1.807, 2.05) is 24.3 Å². The van der Waals surface area contributed by atoms with Gasteiger partial charge in [-0.15, -0.1) is 0 Å². The number of aromatic nitrogens is 1. The van der Waals surface area contributed by atoms with Gasteiger partial charge < -0.3 is 10.7 Å². The molecule has 0 saturated carbocycles. The molecule has 0 saturated heterocycles. The van der Waals surface area contributed by atoms with Crippen molar-refractivity contribution in [2.24, 2.45) is 0 Å². The van der Waals surface area contributed by atoms with Gasteiger partial charge in [-0.3, -0.25) is 4.79 Å². The Labute approximate surface area is 102 Å². The molecule has 0 fully saturated rings. The van der Waals surface area contributed by atoms with E-state index < -0.39 is 0 Å². The fourth-order valence-corrected chi connectivity index (χ4v) is 2.30. The molecule has 3 aromatic rings. The maximum absolute atomic E-state index is 11.9. The summed E-state index contributed by atoms with van der Waals surface area (Å²) in [7, 11) is 0. The molecule has 0 bridgehead atoms. The number of anilines is 1. The van der Waals surface area contributed by atoms with Gasteiger partial charge in [0.15, 0.2) is 0 Å². The average molecular weight is 245 g/mol. The fraction of sp³-hybridized carbons (Fsp3) is 0. The summed E-state index contributed by atoms with van der Waals surface area (Å²) in [5.74, 6) is 0. The van der Waals surface area contributed by atoms with Crippen LogP contribution in [0.15, 0.2) is 41.2 Å². The molecule has 0 spiro atoms. The Balaban J connectivity index is 2.68. The van der Waals surface area contributed by atoms with Crippen LogP contribution in [0, 0.1) is 0 Å². The van der Waals surface area contributed by atoms with Crippen molar-refractivity contribution in [2.75, 3.05) is 5.73 Å². The second-order valence-corrected chi connectivity index (χ2v) is 4.35. The van der Waals surface area contributed by atoms with Crippen molar-refractivity contribution in [1.82, 2.24) is 4.98 Å². The molecule has 0 aliphatic heterocycles. The molecule has 0 aliphatic carbocycles. The van der Waals surface area contributed by atoms with Crippen LogP contribution in [0.3, 0.4) is 0 Å². The van der Waals surface area contributed by atoms with Gasteiger partial charge in [-0.2, -0.15) is 0 Å². The SMILES string of the molecule is Nc1cc(Cl)cc2c1[nH]c(=O)c1ccccc12. The molecular weight excluding hydrogens is 236 g/mol. The molecule has 0 radical (unpaired) electrons. The fourth-order valence-electron chi connectivity index (χ4n) is 2.08. The highest BCUT2D eigenvalue weighted by Crippen LogP contribution is 2.28. The summed E-state index contributed by atoms with van der Waals surface area (Å²) in [6.07, 6.45) is 0. The van der Waals surface area contributed by atoms with E-state index >= 15 is 0 Å². The topological polar surface area (TPSA) is 58.9 Å². The number of benzene rings is 2. The largest absolute Gasteiger partial charge is 0.397 e. The maximum Gasteiger partial charge on any atom is 0.256 e. The molecule has 3 rings (SSSR count). The molecule has 1 heterocycles. The van der Waals surface area contributed by atoms with Crippen molar-refractivity contribution in [3.63, 3.8) is 0 Å². The van der Waals surface area contributed by atoms with Gasteiger partial charge in [0, 0.05) is 15.8 Å². The Morgan fingerprint density at radius 2 is 1.76 bits per heavy atom. The average Bonchev–Trinajstić information content (AvgIpc) is 2.31. The highest BCUT2D eigenvalue weighted by atomic mass is 35.5. The maximum atomic E-state index is 11.9. The molecule has 0 unspecified atom stereocenters. The minimum Gasteiger partial charge on any atom is -0.397 e. The Bertz CT molecular complexity index is 792. The number of halogens is 1. The van der Waals surface area contributed by atoms with Crippen molar-refractivity contribution in [2.45, 2.75) is 0 Å². The lowest BCUT2D eigenvalue weighted by molar-refractivity contribution is 1.34. The van der Waals surface area contributed by atoms with E-state index in [-0.39, 0.29) is 5.56 Å². The number of hydrogen-bond acceptors (Lipinski definition) is 2. The van der Waals surface area contributed by atoms with Crippen molar-refractivity contribution >= 4 is 39.0 Å². The number of nitrogens with two attached hydrogens (primary N) is 1. The summed E-state index contributed by atoms with van der Waals surface area (Å²) >= 11 is 5.99. The normalized spacial score (nSPS) is 11.1. The minimum atomic E-state index is -0.137. The van der Waals surface area contributed by atoms with Crippen molar-refractivity contribution in [1.29, 1.82) is 0 Å². The number of nitrogens with one attached hydrogen (secondary N) is 1. The number of aromatic amines is 1. The van der Waals surface area contributed by atoms with Gasteiger partial charge in [0.2, 0.25) is 0 Å². The lowest BCUT2D eigenvalue weighted by Crippen LogP contribution is -2.07. The van der Waals surface area contributed by atoms with E-state index in [0.717, 1.165) is 10.8 Å². The predicted octanol–water partition coefficient (Wildman–Crippen LogP) is 2.92. The van der Waals surface area contributed by atoms with E-state index in [0.29, 0.717) is 21.6 Å². The Hall–Kier alpha value is -2.00. The van der Waals surface area contributed by atoms with E-state index in [1.165, 1.54) is 0 Å². The zero-order chi connectivity index (χ0) is 12.0. The number of rotatable bonds is 0. The molecule has 2 aromatic carbocycles. The van der Waals surface area contributed by atoms with E-state index in [1.54, 1.807) is 12.1 Å². The van der Waals surface area contributed by atoms with Gasteiger partial charge in [-0.25, -0.2) is 0 Å². The third kappa shape index (κ3) is 1.47. The highest BCUT2D eigenvalue weighted by Gasteiger charge is 2.07. The molecular formula is C13H9ClN2O. The highest BCUT2D eigenvalue weighted by molar-refractivity contribution is 6.32. The van der Waals surface area contributed by atoms with Crippen LogP contribution in [-0.4, -0.2) is 4.98 Å². The van der Waals surface area contributed by atoms with Crippen molar-refractivity contribution < 1.29 is 0 Å². The van der Waals surface area contributed by atoms with Crippen LogP contribution in [0.5, 0.6) is 0 Å². The van der Waals surface area contributed by atoms with E-state index in [2.05, 4.69) is 4.98 Å². The van der Waals surface area contributed by atoms with Crippen LogP contribution in [-0.2, 0) is 0 Å². The van der Waals surface area contributed by atoms with Gasteiger partial charge in [-0.05, 0) is 23.6 Å². The van der Waals surface area contributed by atoms with Gasteiger partial charge in [0.05, 0.1) is 11.2 Å². The lowest BCUT2D eigenvalue weighted by atomic mass is 10.1. The molecule has 0 aliphatic rings. The van der Waals surface area contributed by atoms with Gasteiger partial charge in [0.1, 0.15) is 0 Å². The summed E-state index contributed by atoms with van der Waals surface area (Å²) in [5.41, 5.74) is 6.84. The second-order valence-electron chi connectivity index (χ2n) is 3.92. The monoisotopic (exact) mass is 244 g/mol. The Kier molecular flexibility index (Phi) is 2.09. The third-order valence-corrected chi connectivity index (χ3v) is 3.05. The predicted molar refractivity (Wildman–Crippen MR) is 71.5 cm³/mol. The van der Waals surface area contributed by atoms with Crippen LogP contribution < -0.4 is 11.3 Å². The van der Waals surface area contributed by atoms with E-state index in [9.17, 15) is 4.79 Å². The first-order valence-electron chi connectivity index (χ1n) is 5.16. The lowest BCUT2D eigenvalue weighted by Gasteiger charge is -2.06. The van der Waals surface area contributed by atoms with Crippen molar-refractivity contribution in [3.05, 3.63) is 51.8 Å².